The number of aromatic carboxylic acids is 2. The summed E-state index contributed by atoms with van der Waals surface area (Å²) in [6.45, 7) is 0. The van der Waals surface area contributed by atoms with Crippen molar-refractivity contribution in [1.29, 1.82) is 0 Å². The molecule has 14 heteroatoms. The van der Waals surface area contributed by atoms with Gasteiger partial charge in [0.05, 0.1) is 12.1 Å². The second kappa shape index (κ2) is 9.78. The maximum atomic E-state index is 10.0. The normalized spacial score (nSPS) is 8.67. The number of hydrogen-bond donors (Lipinski definition) is 0. The number of carboxylic acids is 2. The van der Waals surface area contributed by atoms with Gasteiger partial charge in [0.1, 0.15) is 21.8 Å². The van der Waals surface area contributed by atoms with Crippen LogP contribution in [-0.4, -0.2) is 21.8 Å². The van der Waals surface area contributed by atoms with Crippen molar-refractivity contribution in [3.8, 4) is 0 Å². The number of furan rings is 2. The van der Waals surface area contributed by atoms with E-state index in [1.54, 1.807) is 0 Å². The van der Waals surface area contributed by atoms with E-state index in [1.165, 1.54) is 0 Å². The number of nitro groups is 2. The molecule has 0 spiro atoms. The van der Waals surface area contributed by atoms with Crippen molar-refractivity contribution in [2.24, 2.45) is 0 Å². The zero-order valence-electron chi connectivity index (χ0n) is 11.1. The first kappa shape index (κ1) is 23.1. The Labute approximate surface area is 143 Å². The van der Waals surface area contributed by atoms with Crippen molar-refractivity contribution in [1.82, 2.24) is 0 Å². The van der Waals surface area contributed by atoms with E-state index in [2.05, 4.69) is 8.83 Å². The Bertz CT molecular complexity index is 615. The van der Waals surface area contributed by atoms with E-state index in [0.29, 0.717) is 0 Å². The third-order valence-corrected chi connectivity index (χ3v) is 1.95. The Hall–Kier alpha value is -3.16. The summed E-state index contributed by atoms with van der Waals surface area (Å²) >= 11 is 0. The summed E-state index contributed by atoms with van der Waals surface area (Å²) in [6.07, 6.45) is 0. The quantitative estimate of drug-likeness (QED) is 0.464. The molecule has 0 atom stereocenters. The first-order chi connectivity index (χ1) is 10.2. The standard InChI is InChI=1S/2C5H3NO5.O.V/c2*7-5(8)3-1-2-4(11-3)6(9)10;;/h2*1-2H,(H,7,8);;/q;;-2;+4/p-2. The van der Waals surface area contributed by atoms with Crippen LogP contribution in [0.5, 0.6) is 0 Å². The molecular weight excluding hydrogens is 375 g/mol. The van der Waals surface area contributed by atoms with Crippen molar-refractivity contribution in [2.75, 3.05) is 0 Å². The molecule has 1 radical (unpaired) electrons. The van der Waals surface area contributed by atoms with Gasteiger partial charge in [0.15, 0.2) is 11.5 Å². The molecule has 0 N–H and O–H groups in total. The molecule has 2 aromatic heterocycles. The Morgan fingerprint density at radius 1 is 0.792 bits per heavy atom. The van der Waals surface area contributed by atoms with Crippen molar-refractivity contribution in [2.45, 2.75) is 0 Å². The predicted molar refractivity (Wildman–Crippen MR) is 60.1 cm³/mol. The van der Waals surface area contributed by atoms with E-state index >= 15 is 0 Å². The van der Waals surface area contributed by atoms with Gasteiger partial charge in [0.25, 0.3) is 0 Å². The maximum Gasteiger partial charge on any atom is 4.00 e. The summed E-state index contributed by atoms with van der Waals surface area (Å²) in [4.78, 5) is 38.2. The fourth-order valence-corrected chi connectivity index (χ4v) is 1.07. The minimum atomic E-state index is -1.57. The third-order valence-electron chi connectivity index (χ3n) is 1.95. The number of nitrogens with zero attached hydrogens (tertiary/aromatic N) is 2. The van der Waals surface area contributed by atoms with Gasteiger partial charge in [0.2, 0.25) is 0 Å². The number of carbonyl (C=O) groups excluding carboxylic acids is 2. The van der Waals surface area contributed by atoms with Crippen LogP contribution in [0.4, 0.5) is 11.8 Å². The summed E-state index contributed by atoms with van der Waals surface area (Å²) in [6, 6.07) is 3.83. The Morgan fingerprint density at radius 2 is 1.08 bits per heavy atom. The van der Waals surface area contributed by atoms with Crippen molar-refractivity contribution < 1.29 is 62.5 Å². The molecule has 13 nitrogen and oxygen atoms in total. The van der Waals surface area contributed by atoms with E-state index in [4.69, 9.17) is 0 Å². The van der Waals surface area contributed by atoms with E-state index in [-0.39, 0.29) is 24.0 Å². The van der Waals surface area contributed by atoms with Crippen LogP contribution in [-0.2, 0) is 24.0 Å². The third kappa shape index (κ3) is 6.31. The molecule has 0 aliphatic carbocycles. The van der Waals surface area contributed by atoms with Crippen molar-refractivity contribution in [3.63, 3.8) is 0 Å². The fourth-order valence-electron chi connectivity index (χ4n) is 1.07. The van der Waals surface area contributed by atoms with E-state index in [9.17, 15) is 40.0 Å². The zero-order chi connectivity index (χ0) is 16.9. The van der Waals surface area contributed by atoms with Crippen LogP contribution >= 0.6 is 0 Å². The average molecular weight is 379 g/mol. The van der Waals surface area contributed by atoms with Gasteiger partial charge in [-0.3, -0.25) is 20.2 Å². The molecule has 2 aromatic rings. The Morgan fingerprint density at radius 3 is 1.21 bits per heavy atom. The molecule has 125 valence electrons. The fraction of sp³-hybridized carbons (Fsp3) is 0. The van der Waals surface area contributed by atoms with E-state index in [1.807, 2.05) is 0 Å². The minimum absolute atomic E-state index is 0. The van der Waals surface area contributed by atoms with Crippen LogP contribution < -0.4 is 10.2 Å². The summed E-state index contributed by atoms with van der Waals surface area (Å²) < 4.78 is 8.49. The van der Waals surface area contributed by atoms with Gasteiger partial charge in [0, 0.05) is 0 Å². The number of hydrogen-bond acceptors (Lipinski definition) is 10. The molecule has 0 unspecified atom stereocenters. The summed E-state index contributed by atoms with van der Waals surface area (Å²) in [5, 5.41) is 39.9. The number of carboxylic acid groups (broad SMARTS) is 2. The monoisotopic (exact) mass is 379 g/mol. The van der Waals surface area contributed by atoms with E-state index in [0.717, 1.165) is 24.3 Å². The first-order valence-electron chi connectivity index (χ1n) is 5.13. The second-order valence-electron chi connectivity index (χ2n) is 3.36. The van der Waals surface area contributed by atoms with Crippen molar-refractivity contribution in [3.05, 3.63) is 56.0 Å². The van der Waals surface area contributed by atoms with Crippen LogP contribution in [0.25, 0.3) is 0 Å². The van der Waals surface area contributed by atoms with Gasteiger partial charge >= 0.3 is 30.3 Å². The Balaban J connectivity index is 0. The molecule has 0 saturated heterocycles. The summed E-state index contributed by atoms with van der Waals surface area (Å²) in [5.74, 6) is -5.45. The molecule has 0 bridgehead atoms. The predicted octanol–water partition coefficient (Wildman–Crippen LogP) is -1.02. The van der Waals surface area contributed by atoms with Gasteiger partial charge in [-0.15, -0.1) is 0 Å². The van der Waals surface area contributed by atoms with Gasteiger partial charge in [-0.25, -0.2) is 0 Å². The molecular formula is C10H4N2O11V. The van der Waals surface area contributed by atoms with Crippen LogP contribution in [0, 0.1) is 20.2 Å². The molecule has 2 rings (SSSR count). The van der Waals surface area contributed by atoms with Gasteiger partial charge in [-0.2, -0.15) is 0 Å². The molecule has 0 aliphatic heterocycles. The van der Waals surface area contributed by atoms with Gasteiger partial charge in [-0.1, -0.05) is 0 Å². The molecule has 0 saturated carbocycles. The van der Waals surface area contributed by atoms with Crippen LogP contribution in [0.15, 0.2) is 33.1 Å². The zero-order valence-corrected chi connectivity index (χ0v) is 12.5. The topological polar surface area (TPSA) is 221 Å². The van der Waals surface area contributed by atoms with Crippen LogP contribution in [0.3, 0.4) is 0 Å². The number of rotatable bonds is 4. The van der Waals surface area contributed by atoms with Gasteiger partial charge in [-0.05, 0) is 12.1 Å². The summed E-state index contributed by atoms with van der Waals surface area (Å²) in [7, 11) is 0. The first-order valence-corrected chi connectivity index (χ1v) is 5.13. The second-order valence-corrected chi connectivity index (χ2v) is 3.36. The molecule has 0 aromatic carbocycles. The van der Waals surface area contributed by atoms with Gasteiger partial charge < -0.3 is 34.1 Å². The number of carbonyl (C=O) groups is 2. The largest absolute Gasteiger partial charge is 4.00 e. The van der Waals surface area contributed by atoms with Crippen LogP contribution in [0.2, 0.25) is 0 Å². The van der Waals surface area contributed by atoms with Crippen molar-refractivity contribution >= 4 is 23.7 Å². The maximum absolute atomic E-state index is 10.0. The molecule has 0 aliphatic rings. The van der Waals surface area contributed by atoms with Crippen LogP contribution in [0.1, 0.15) is 21.1 Å². The molecule has 24 heavy (non-hydrogen) atoms. The molecule has 2 heterocycles. The smallest absolute Gasteiger partial charge is 2.00 e. The molecule has 0 fully saturated rings. The minimum Gasteiger partial charge on any atom is -2.00 e. The molecule has 0 amide bonds. The SMILES string of the molecule is O=C([O-])c1ccc([N+](=O)[O-])o1.O=C([O-])c1ccc([N+](=O)[O-])o1.[O-2].[V+4]. The summed E-state index contributed by atoms with van der Waals surface area (Å²) in [5.41, 5.74) is 0. The Kier molecular flexibility index (Phi) is 9.42. The average Bonchev–Trinajstić information content (AvgIpc) is 3.09. The van der Waals surface area contributed by atoms with E-state index < -0.39 is 45.1 Å².